The summed E-state index contributed by atoms with van der Waals surface area (Å²) in [5.74, 6) is -1.33. The largest absolute Gasteiger partial charge is 0.350 e. The van der Waals surface area contributed by atoms with Crippen LogP contribution in [0.3, 0.4) is 0 Å². The highest BCUT2D eigenvalue weighted by atomic mass is 16.2. The number of hydrogen-bond donors (Lipinski definition) is 1. The minimum absolute atomic E-state index is 0.0764. The van der Waals surface area contributed by atoms with Gasteiger partial charge in [-0.15, -0.1) is 0 Å². The maximum atomic E-state index is 13.0. The maximum absolute atomic E-state index is 13.0. The number of aryl methyl sites for hydroxylation is 2. The molecule has 0 radical (unpaired) electrons. The van der Waals surface area contributed by atoms with E-state index in [-0.39, 0.29) is 5.57 Å². The first-order chi connectivity index (χ1) is 13.0. The number of nitrogens with zero attached hydrogens (tertiary/aromatic N) is 2. The highest BCUT2D eigenvalue weighted by Gasteiger charge is 2.36. The summed E-state index contributed by atoms with van der Waals surface area (Å²) >= 11 is 0. The summed E-state index contributed by atoms with van der Waals surface area (Å²) in [6.45, 7) is 1.87. The van der Waals surface area contributed by atoms with Crippen molar-refractivity contribution in [3.8, 4) is 0 Å². The highest BCUT2D eigenvalue weighted by molar-refractivity contribution is 6.39. The summed E-state index contributed by atoms with van der Waals surface area (Å²) in [6.07, 6.45) is 3.39. The molecule has 0 unspecified atom stereocenters. The van der Waals surface area contributed by atoms with Gasteiger partial charge in [0.2, 0.25) is 0 Å². The molecule has 0 spiro atoms. The average Bonchev–Trinajstić information content (AvgIpc) is 2.95. The van der Waals surface area contributed by atoms with Gasteiger partial charge in [0.15, 0.2) is 0 Å². The molecule has 2 aromatic carbocycles. The van der Waals surface area contributed by atoms with Crippen LogP contribution in [-0.2, 0) is 16.6 Å². The van der Waals surface area contributed by atoms with Crippen molar-refractivity contribution in [3.63, 3.8) is 0 Å². The molecule has 1 aliphatic rings. The van der Waals surface area contributed by atoms with Crippen LogP contribution >= 0.6 is 0 Å². The third-order valence-electron chi connectivity index (χ3n) is 4.59. The number of anilines is 1. The summed E-state index contributed by atoms with van der Waals surface area (Å²) in [5.41, 5.74) is 2.98. The quantitative estimate of drug-likeness (QED) is 0.564. The van der Waals surface area contributed by atoms with E-state index in [2.05, 4.69) is 5.32 Å². The molecule has 6 nitrogen and oxygen atoms in total. The molecule has 3 aromatic rings. The molecule has 6 heteroatoms. The number of amides is 4. The Hall–Kier alpha value is -3.67. The first-order valence-corrected chi connectivity index (χ1v) is 8.48. The number of benzene rings is 2. The van der Waals surface area contributed by atoms with Crippen LogP contribution in [0.2, 0.25) is 0 Å². The van der Waals surface area contributed by atoms with Crippen LogP contribution < -0.4 is 10.2 Å². The van der Waals surface area contributed by atoms with Crippen molar-refractivity contribution in [2.75, 3.05) is 4.90 Å². The molecule has 27 heavy (non-hydrogen) atoms. The van der Waals surface area contributed by atoms with Gasteiger partial charge in [-0.25, -0.2) is 9.69 Å². The Morgan fingerprint density at radius 2 is 1.78 bits per heavy atom. The van der Waals surface area contributed by atoms with Gasteiger partial charge in [0.1, 0.15) is 5.57 Å². The van der Waals surface area contributed by atoms with Gasteiger partial charge in [0, 0.05) is 29.7 Å². The van der Waals surface area contributed by atoms with Gasteiger partial charge in [-0.2, -0.15) is 0 Å². The summed E-state index contributed by atoms with van der Waals surface area (Å²) < 4.78 is 1.93. The molecule has 4 rings (SSSR count). The minimum Gasteiger partial charge on any atom is -0.350 e. The molecule has 4 amide bonds. The fourth-order valence-corrected chi connectivity index (χ4v) is 3.30. The summed E-state index contributed by atoms with van der Waals surface area (Å²) in [7, 11) is 1.90. The predicted molar refractivity (Wildman–Crippen MR) is 103 cm³/mol. The Labute approximate surface area is 155 Å². The number of barbiturate groups is 1. The fraction of sp³-hybridized carbons (Fsp3) is 0.0952. The van der Waals surface area contributed by atoms with Crippen molar-refractivity contribution in [2.24, 2.45) is 7.05 Å². The summed E-state index contributed by atoms with van der Waals surface area (Å²) in [6, 6.07) is 14.0. The Morgan fingerprint density at radius 1 is 1.00 bits per heavy atom. The van der Waals surface area contributed by atoms with Crippen molar-refractivity contribution in [2.45, 2.75) is 6.92 Å². The van der Waals surface area contributed by atoms with E-state index in [1.165, 1.54) is 6.08 Å². The molecule has 134 valence electrons. The molecular weight excluding hydrogens is 342 g/mol. The predicted octanol–water partition coefficient (Wildman–Crippen LogP) is 3.15. The van der Waals surface area contributed by atoms with Crippen LogP contribution in [0.15, 0.2) is 60.3 Å². The Bertz CT molecular complexity index is 1140. The van der Waals surface area contributed by atoms with Crippen molar-refractivity contribution in [1.29, 1.82) is 0 Å². The number of nitrogens with one attached hydrogen (secondary N) is 1. The zero-order valence-corrected chi connectivity index (χ0v) is 14.9. The van der Waals surface area contributed by atoms with E-state index < -0.39 is 17.8 Å². The van der Waals surface area contributed by atoms with Crippen LogP contribution in [0.5, 0.6) is 0 Å². The molecule has 1 N–H and O–H groups in total. The fourth-order valence-electron chi connectivity index (χ4n) is 3.30. The topological polar surface area (TPSA) is 71.4 Å². The van der Waals surface area contributed by atoms with Gasteiger partial charge in [-0.05, 0) is 36.8 Å². The Balaban J connectivity index is 1.82. The Kier molecular flexibility index (Phi) is 3.88. The Morgan fingerprint density at radius 3 is 2.56 bits per heavy atom. The molecule has 0 bridgehead atoms. The van der Waals surface area contributed by atoms with Crippen LogP contribution in [0.4, 0.5) is 10.5 Å². The maximum Gasteiger partial charge on any atom is 0.335 e. The molecule has 1 saturated heterocycles. The first-order valence-electron chi connectivity index (χ1n) is 8.48. The number of urea groups is 1. The van der Waals surface area contributed by atoms with Gasteiger partial charge >= 0.3 is 6.03 Å². The van der Waals surface area contributed by atoms with E-state index in [9.17, 15) is 14.4 Å². The second kappa shape index (κ2) is 6.25. The number of hydrogen-bond acceptors (Lipinski definition) is 3. The van der Waals surface area contributed by atoms with E-state index in [4.69, 9.17) is 0 Å². The molecule has 0 aliphatic carbocycles. The van der Waals surface area contributed by atoms with Crippen molar-refractivity contribution in [3.05, 3.63) is 71.4 Å². The number of aromatic nitrogens is 1. The molecule has 0 atom stereocenters. The number of rotatable bonds is 2. The number of carbonyl (C=O) groups is 3. The monoisotopic (exact) mass is 359 g/mol. The van der Waals surface area contributed by atoms with E-state index in [1.807, 2.05) is 55.1 Å². The number of fused-ring (bicyclic) bond motifs is 1. The van der Waals surface area contributed by atoms with Gasteiger partial charge in [-0.3, -0.25) is 14.9 Å². The zero-order chi connectivity index (χ0) is 19.1. The minimum atomic E-state index is -0.745. The number of imide groups is 2. The summed E-state index contributed by atoms with van der Waals surface area (Å²) in [5, 5.41) is 3.18. The molecule has 2 heterocycles. The summed E-state index contributed by atoms with van der Waals surface area (Å²) in [4.78, 5) is 38.6. The lowest BCUT2D eigenvalue weighted by Crippen LogP contribution is -2.54. The van der Waals surface area contributed by atoms with E-state index >= 15 is 0 Å². The third-order valence-corrected chi connectivity index (χ3v) is 4.59. The van der Waals surface area contributed by atoms with Gasteiger partial charge in [-0.1, -0.05) is 30.3 Å². The molecule has 1 fully saturated rings. The van der Waals surface area contributed by atoms with E-state index in [0.29, 0.717) is 5.69 Å². The molecule has 1 aliphatic heterocycles. The van der Waals surface area contributed by atoms with Crippen molar-refractivity contribution < 1.29 is 14.4 Å². The van der Waals surface area contributed by atoms with E-state index in [1.54, 1.807) is 18.2 Å². The number of carbonyl (C=O) groups excluding carboxylic acids is 3. The third kappa shape index (κ3) is 2.81. The second-order valence-electron chi connectivity index (χ2n) is 6.51. The highest BCUT2D eigenvalue weighted by Crippen LogP contribution is 2.26. The average molecular weight is 359 g/mol. The van der Waals surface area contributed by atoms with Crippen LogP contribution in [0.25, 0.3) is 17.0 Å². The van der Waals surface area contributed by atoms with Gasteiger partial charge < -0.3 is 4.57 Å². The van der Waals surface area contributed by atoms with Gasteiger partial charge in [0.25, 0.3) is 11.8 Å². The lowest BCUT2D eigenvalue weighted by molar-refractivity contribution is -0.122. The van der Waals surface area contributed by atoms with Crippen LogP contribution in [0.1, 0.15) is 11.1 Å². The van der Waals surface area contributed by atoms with Crippen molar-refractivity contribution >= 4 is 40.5 Å². The molecular formula is C21H17N3O3. The van der Waals surface area contributed by atoms with Gasteiger partial charge in [0.05, 0.1) is 5.69 Å². The normalized spacial score (nSPS) is 16.3. The van der Waals surface area contributed by atoms with Crippen LogP contribution in [0, 0.1) is 6.92 Å². The smallest absolute Gasteiger partial charge is 0.335 e. The number of para-hydroxylation sites is 1. The second-order valence-corrected chi connectivity index (χ2v) is 6.51. The first kappa shape index (κ1) is 16.8. The lowest BCUT2D eigenvalue weighted by Gasteiger charge is -2.26. The molecule has 1 aromatic heterocycles. The molecule has 0 saturated carbocycles. The SMILES string of the molecule is Cc1cccc(N2C(=O)NC(=O)/C(=C\c3cn(C)c4ccccc34)C2=O)c1. The standard InChI is InChI=1S/C21H17N3O3/c1-13-6-5-7-15(10-13)24-20(26)17(19(25)22-21(24)27)11-14-12-23(2)18-9-4-3-8-16(14)18/h3-12H,1-2H3,(H,22,25,27)/b17-11+. The van der Waals surface area contributed by atoms with Crippen molar-refractivity contribution in [1.82, 2.24) is 9.88 Å². The van der Waals surface area contributed by atoms with Crippen LogP contribution in [-0.4, -0.2) is 22.4 Å². The zero-order valence-electron chi connectivity index (χ0n) is 14.9. The van der Waals surface area contributed by atoms with E-state index in [0.717, 1.165) is 26.9 Å². The lowest BCUT2D eigenvalue weighted by atomic mass is 10.1.